The molecule has 0 fully saturated rings. The number of benzene rings is 1. The van der Waals surface area contributed by atoms with Crippen LogP contribution >= 0.6 is 0 Å². The van der Waals surface area contributed by atoms with Crippen molar-refractivity contribution in [3.05, 3.63) is 53.9 Å². The second-order valence-electron chi connectivity index (χ2n) is 5.92. The van der Waals surface area contributed by atoms with E-state index in [0.29, 0.717) is 13.1 Å². The van der Waals surface area contributed by atoms with Crippen molar-refractivity contribution in [3.63, 3.8) is 0 Å². The lowest BCUT2D eigenvalue weighted by Gasteiger charge is -2.19. The molecule has 0 spiro atoms. The Labute approximate surface area is 155 Å². The standard InChI is InChI=1S/C20H28N4O2/c1-5-21-20(24-14-17-15(2)9-8-12-22-17)23-13-16(3)26-19-11-7-6-10-18(19)25-4/h6-12,16H,5,13-14H2,1-4H3,(H2,21,23,24). The summed E-state index contributed by atoms with van der Waals surface area (Å²) in [5, 5.41) is 6.56. The van der Waals surface area contributed by atoms with Crippen LogP contribution < -0.4 is 20.1 Å². The Morgan fingerprint density at radius 2 is 1.92 bits per heavy atom. The molecule has 1 atom stereocenters. The van der Waals surface area contributed by atoms with E-state index in [-0.39, 0.29) is 6.10 Å². The number of nitrogens with one attached hydrogen (secondary N) is 2. The highest BCUT2D eigenvalue weighted by atomic mass is 16.5. The van der Waals surface area contributed by atoms with E-state index in [9.17, 15) is 0 Å². The van der Waals surface area contributed by atoms with Crippen molar-refractivity contribution in [1.29, 1.82) is 0 Å². The van der Waals surface area contributed by atoms with E-state index in [1.807, 2.05) is 57.2 Å². The summed E-state index contributed by atoms with van der Waals surface area (Å²) in [7, 11) is 1.64. The van der Waals surface area contributed by atoms with Gasteiger partial charge in [0.2, 0.25) is 0 Å². The quantitative estimate of drug-likeness (QED) is 0.562. The van der Waals surface area contributed by atoms with Crippen LogP contribution in [0.2, 0.25) is 0 Å². The van der Waals surface area contributed by atoms with Gasteiger partial charge in [0.1, 0.15) is 6.10 Å². The zero-order valence-electron chi connectivity index (χ0n) is 16.0. The topological polar surface area (TPSA) is 67.8 Å². The molecule has 0 bridgehead atoms. The summed E-state index contributed by atoms with van der Waals surface area (Å²) in [6.07, 6.45) is 1.74. The van der Waals surface area contributed by atoms with Gasteiger partial charge in [0, 0.05) is 12.7 Å². The Kier molecular flexibility index (Phi) is 7.74. The Balaban J connectivity index is 1.92. The monoisotopic (exact) mass is 356 g/mol. The molecule has 0 aliphatic carbocycles. The predicted molar refractivity (Wildman–Crippen MR) is 105 cm³/mol. The molecule has 0 saturated carbocycles. The summed E-state index contributed by atoms with van der Waals surface area (Å²) in [5.74, 6) is 2.20. The molecule has 1 heterocycles. The Morgan fingerprint density at radius 1 is 1.15 bits per heavy atom. The van der Waals surface area contributed by atoms with Gasteiger partial charge in [0.05, 0.1) is 25.9 Å². The van der Waals surface area contributed by atoms with Gasteiger partial charge < -0.3 is 20.1 Å². The summed E-state index contributed by atoms with van der Waals surface area (Å²) in [6.45, 7) is 8.02. The minimum absolute atomic E-state index is 0.0493. The maximum Gasteiger partial charge on any atom is 0.191 e. The normalized spacial score (nSPS) is 12.4. The minimum Gasteiger partial charge on any atom is -0.493 e. The largest absolute Gasteiger partial charge is 0.493 e. The number of guanidine groups is 1. The van der Waals surface area contributed by atoms with Crippen molar-refractivity contribution in [2.75, 3.05) is 20.2 Å². The van der Waals surface area contributed by atoms with Crippen LogP contribution in [0.5, 0.6) is 11.5 Å². The van der Waals surface area contributed by atoms with Crippen LogP contribution in [0.4, 0.5) is 0 Å². The predicted octanol–water partition coefficient (Wildman–Crippen LogP) is 2.92. The average Bonchev–Trinajstić information content (AvgIpc) is 2.65. The fourth-order valence-corrected chi connectivity index (χ4v) is 2.39. The van der Waals surface area contributed by atoms with Crippen molar-refractivity contribution in [1.82, 2.24) is 15.6 Å². The van der Waals surface area contributed by atoms with Gasteiger partial charge in [-0.15, -0.1) is 0 Å². The number of ether oxygens (including phenoxy) is 2. The molecule has 2 aromatic rings. The van der Waals surface area contributed by atoms with Crippen molar-refractivity contribution in [2.45, 2.75) is 33.4 Å². The molecule has 1 aromatic heterocycles. The van der Waals surface area contributed by atoms with Crippen LogP contribution in [-0.4, -0.2) is 37.2 Å². The smallest absolute Gasteiger partial charge is 0.191 e. The number of methoxy groups -OCH3 is 1. The van der Waals surface area contributed by atoms with E-state index in [1.165, 1.54) is 0 Å². The highest BCUT2D eigenvalue weighted by Gasteiger charge is 2.09. The summed E-state index contributed by atoms with van der Waals surface area (Å²) in [5.41, 5.74) is 2.11. The van der Waals surface area contributed by atoms with Gasteiger partial charge >= 0.3 is 0 Å². The van der Waals surface area contributed by atoms with Gasteiger partial charge in [-0.2, -0.15) is 0 Å². The number of hydrogen-bond donors (Lipinski definition) is 2. The molecule has 1 aromatic carbocycles. The first-order valence-corrected chi connectivity index (χ1v) is 8.86. The second-order valence-corrected chi connectivity index (χ2v) is 5.92. The third-order valence-corrected chi connectivity index (χ3v) is 3.80. The number of hydrogen-bond acceptors (Lipinski definition) is 4. The Hall–Kier alpha value is -2.76. The molecule has 6 heteroatoms. The molecular formula is C20H28N4O2. The van der Waals surface area contributed by atoms with Crippen LogP contribution in [0.15, 0.2) is 47.6 Å². The van der Waals surface area contributed by atoms with Crippen LogP contribution in [0, 0.1) is 6.92 Å². The number of rotatable bonds is 8. The highest BCUT2D eigenvalue weighted by molar-refractivity contribution is 5.79. The molecule has 0 aliphatic heterocycles. The molecule has 0 amide bonds. The number of nitrogens with zero attached hydrogens (tertiary/aromatic N) is 2. The van der Waals surface area contributed by atoms with Crippen molar-refractivity contribution < 1.29 is 9.47 Å². The van der Waals surface area contributed by atoms with E-state index >= 15 is 0 Å². The lowest BCUT2D eigenvalue weighted by Crippen LogP contribution is -2.41. The van der Waals surface area contributed by atoms with Crippen LogP contribution in [-0.2, 0) is 6.54 Å². The van der Waals surface area contributed by atoms with Gasteiger partial charge in [-0.25, -0.2) is 4.99 Å². The Bertz CT molecular complexity index is 718. The fraction of sp³-hybridized carbons (Fsp3) is 0.400. The zero-order valence-corrected chi connectivity index (χ0v) is 16.0. The maximum atomic E-state index is 5.96. The summed E-state index contributed by atoms with van der Waals surface area (Å²) >= 11 is 0. The number of pyridine rings is 1. The number of aliphatic imine (C=N–C) groups is 1. The van der Waals surface area contributed by atoms with E-state index in [2.05, 4.69) is 20.6 Å². The summed E-state index contributed by atoms with van der Waals surface area (Å²) in [4.78, 5) is 8.99. The van der Waals surface area contributed by atoms with Crippen LogP contribution in [0.25, 0.3) is 0 Å². The first-order chi connectivity index (χ1) is 12.6. The third-order valence-electron chi connectivity index (χ3n) is 3.80. The number of aryl methyl sites for hydroxylation is 1. The highest BCUT2D eigenvalue weighted by Crippen LogP contribution is 2.26. The molecule has 6 nitrogen and oxygen atoms in total. The summed E-state index contributed by atoms with van der Waals surface area (Å²) < 4.78 is 11.3. The molecule has 140 valence electrons. The SMILES string of the molecule is CCNC(=NCc1ncccc1C)NCC(C)Oc1ccccc1OC. The second kappa shape index (κ2) is 10.3. The molecule has 0 saturated heterocycles. The molecule has 0 aliphatic rings. The lowest BCUT2D eigenvalue weighted by atomic mass is 10.2. The van der Waals surface area contributed by atoms with Crippen LogP contribution in [0.3, 0.4) is 0 Å². The third kappa shape index (κ3) is 5.95. The maximum absolute atomic E-state index is 5.96. The van der Waals surface area contributed by atoms with Crippen molar-refractivity contribution >= 4 is 5.96 Å². The van der Waals surface area contributed by atoms with E-state index < -0.39 is 0 Å². The van der Waals surface area contributed by atoms with Gasteiger partial charge in [-0.05, 0) is 44.5 Å². The van der Waals surface area contributed by atoms with E-state index in [1.54, 1.807) is 13.3 Å². The van der Waals surface area contributed by atoms with E-state index in [4.69, 9.17) is 9.47 Å². The van der Waals surface area contributed by atoms with Crippen LogP contribution in [0.1, 0.15) is 25.1 Å². The summed E-state index contributed by atoms with van der Waals surface area (Å²) in [6, 6.07) is 11.6. The molecule has 2 N–H and O–H groups in total. The molecule has 2 rings (SSSR count). The fourth-order valence-electron chi connectivity index (χ4n) is 2.39. The molecule has 0 radical (unpaired) electrons. The van der Waals surface area contributed by atoms with Crippen molar-refractivity contribution in [3.8, 4) is 11.5 Å². The van der Waals surface area contributed by atoms with Gasteiger partial charge in [0.25, 0.3) is 0 Å². The lowest BCUT2D eigenvalue weighted by molar-refractivity contribution is 0.213. The van der Waals surface area contributed by atoms with Gasteiger partial charge in [-0.3, -0.25) is 4.98 Å². The average molecular weight is 356 g/mol. The number of para-hydroxylation sites is 2. The first kappa shape index (κ1) is 19.6. The Morgan fingerprint density at radius 3 is 2.62 bits per heavy atom. The number of aromatic nitrogens is 1. The molecule has 1 unspecified atom stereocenters. The minimum atomic E-state index is -0.0493. The zero-order chi connectivity index (χ0) is 18.8. The molecular weight excluding hydrogens is 328 g/mol. The molecule has 26 heavy (non-hydrogen) atoms. The first-order valence-electron chi connectivity index (χ1n) is 8.86. The van der Waals surface area contributed by atoms with Crippen molar-refractivity contribution in [2.24, 2.45) is 4.99 Å². The van der Waals surface area contributed by atoms with Gasteiger partial charge in [-0.1, -0.05) is 18.2 Å². The van der Waals surface area contributed by atoms with Gasteiger partial charge in [0.15, 0.2) is 17.5 Å². The van der Waals surface area contributed by atoms with E-state index in [0.717, 1.165) is 35.3 Å².